The zero-order chi connectivity index (χ0) is 17.5. The Bertz CT molecular complexity index is 758. The van der Waals surface area contributed by atoms with Crippen LogP contribution in [0.5, 0.6) is 0 Å². The molecule has 0 saturated carbocycles. The predicted octanol–water partition coefficient (Wildman–Crippen LogP) is 3.91. The monoisotopic (exact) mass is 329 g/mol. The Morgan fingerprint density at radius 2 is 2.08 bits per heavy atom. The molecule has 24 heavy (non-hydrogen) atoms. The molecule has 1 atom stereocenters. The van der Waals surface area contributed by atoms with E-state index in [1.54, 1.807) is 0 Å². The second kappa shape index (κ2) is 6.11. The maximum absolute atomic E-state index is 12.2. The summed E-state index contributed by atoms with van der Waals surface area (Å²) in [7, 11) is 0. The van der Waals surface area contributed by atoms with Crippen LogP contribution >= 0.6 is 0 Å². The minimum atomic E-state index is -0.441. The van der Waals surface area contributed by atoms with Crippen LogP contribution in [0.3, 0.4) is 0 Å². The Morgan fingerprint density at radius 1 is 1.33 bits per heavy atom. The fourth-order valence-corrected chi connectivity index (χ4v) is 3.44. The third-order valence-corrected chi connectivity index (χ3v) is 4.60. The second-order valence-corrected chi connectivity index (χ2v) is 7.82. The highest BCUT2D eigenvalue weighted by atomic mass is 16.6. The van der Waals surface area contributed by atoms with Gasteiger partial charge in [-0.1, -0.05) is 12.1 Å². The van der Waals surface area contributed by atoms with Gasteiger partial charge in [-0.2, -0.15) is 5.10 Å². The topological polar surface area (TPSA) is 47.4 Å². The third kappa shape index (κ3) is 3.40. The number of likely N-dealkylation sites (tertiary alicyclic amines) is 1. The molecule has 5 heteroatoms. The zero-order valence-electron chi connectivity index (χ0n) is 15.3. The lowest BCUT2D eigenvalue weighted by molar-refractivity contribution is 0.0287. The molecule has 1 aliphatic rings. The largest absolute Gasteiger partial charge is 0.444 e. The van der Waals surface area contributed by atoms with Gasteiger partial charge in [-0.15, -0.1) is 0 Å². The summed E-state index contributed by atoms with van der Waals surface area (Å²) in [5.41, 5.74) is 3.08. The number of nitrogens with zero attached hydrogens (tertiary/aromatic N) is 3. The Hall–Kier alpha value is -2.04. The van der Waals surface area contributed by atoms with Crippen molar-refractivity contribution in [2.75, 3.05) is 13.1 Å². The molecule has 0 spiro atoms. The van der Waals surface area contributed by atoms with Crippen molar-refractivity contribution in [1.29, 1.82) is 0 Å². The summed E-state index contributed by atoms with van der Waals surface area (Å²) < 4.78 is 7.57. The normalized spacial score (nSPS) is 18.4. The van der Waals surface area contributed by atoms with Crippen LogP contribution in [0.15, 0.2) is 18.2 Å². The van der Waals surface area contributed by atoms with E-state index in [1.807, 2.05) is 31.7 Å². The molecule has 0 bridgehead atoms. The van der Waals surface area contributed by atoms with Crippen molar-refractivity contribution in [3.63, 3.8) is 0 Å². The number of amides is 1. The molecule has 0 aliphatic carbocycles. The Balaban J connectivity index is 1.69. The number of benzene rings is 1. The van der Waals surface area contributed by atoms with Crippen LogP contribution in [-0.4, -0.2) is 39.5 Å². The standard InChI is InChI=1S/C19H27N3O2/c1-13-7-6-8-16-17(13)14(2)22(20-16)12-15-9-10-21(11-15)18(23)24-19(3,4)5/h6-8,15H,9-12H2,1-5H3/t15-/m1/s1. The molecular formula is C19H27N3O2. The number of aryl methyl sites for hydroxylation is 2. The first-order valence-corrected chi connectivity index (χ1v) is 8.65. The van der Waals surface area contributed by atoms with Gasteiger partial charge in [0, 0.05) is 30.7 Å². The number of fused-ring (bicyclic) bond motifs is 1. The maximum atomic E-state index is 12.2. The van der Waals surface area contributed by atoms with Crippen molar-refractivity contribution >= 4 is 17.0 Å². The predicted molar refractivity (Wildman–Crippen MR) is 95.1 cm³/mol. The summed E-state index contributed by atoms with van der Waals surface area (Å²) in [4.78, 5) is 14.0. The summed E-state index contributed by atoms with van der Waals surface area (Å²) in [5, 5.41) is 6.00. The molecule has 3 rings (SSSR count). The van der Waals surface area contributed by atoms with Crippen molar-refractivity contribution in [1.82, 2.24) is 14.7 Å². The third-order valence-electron chi connectivity index (χ3n) is 4.60. The molecule has 130 valence electrons. The van der Waals surface area contributed by atoms with E-state index in [1.165, 1.54) is 16.6 Å². The van der Waals surface area contributed by atoms with E-state index >= 15 is 0 Å². The van der Waals surface area contributed by atoms with E-state index in [2.05, 4.69) is 30.7 Å². The van der Waals surface area contributed by atoms with Gasteiger partial charge >= 0.3 is 6.09 Å². The van der Waals surface area contributed by atoms with Crippen LogP contribution in [0.25, 0.3) is 10.9 Å². The van der Waals surface area contributed by atoms with Gasteiger partial charge in [-0.05, 0) is 58.6 Å². The lowest BCUT2D eigenvalue weighted by Gasteiger charge is -2.24. The van der Waals surface area contributed by atoms with Gasteiger partial charge in [-0.3, -0.25) is 4.68 Å². The molecule has 2 aromatic rings. The molecule has 5 nitrogen and oxygen atoms in total. The Morgan fingerprint density at radius 3 is 2.75 bits per heavy atom. The van der Waals surface area contributed by atoms with E-state index in [0.29, 0.717) is 5.92 Å². The van der Waals surface area contributed by atoms with Crippen molar-refractivity contribution in [3.05, 3.63) is 29.5 Å². The molecule has 1 aliphatic heterocycles. The maximum Gasteiger partial charge on any atom is 0.410 e. The fourth-order valence-electron chi connectivity index (χ4n) is 3.44. The van der Waals surface area contributed by atoms with Crippen molar-refractivity contribution in [2.45, 2.75) is 53.2 Å². The molecule has 1 amide bonds. The molecule has 1 fully saturated rings. The second-order valence-electron chi connectivity index (χ2n) is 7.82. The SMILES string of the molecule is Cc1cccc2nn(C[C@@H]3CCN(C(=O)OC(C)(C)C)C3)c(C)c12. The van der Waals surface area contributed by atoms with Crippen molar-refractivity contribution in [2.24, 2.45) is 5.92 Å². The number of aromatic nitrogens is 2. The minimum Gasteiger partial charge on any atom is -0.444 e. The molecule has 2 heterocycles. The van der Waals surface area contributed by atoms with Crippen LogP contribution in [0.2, 0.25) is 0 Å². The molecule has 0 radical (unpaired) electrons. The Kier molecular flexibility index (Phi) is 4.28. The quantitative estimate of drug-likeness (QED) is 0.839. The van der Waals surface area contributed by atoms with E-state index in [4.69, 9.17) is 9.84 Å². The van der Waals surface area contributed by atoms with Crippen molar-refractivity contribution in [3.8, 4) is 0 Å². The van der Waals surface area contributed by atoms with Gasteiger partial charge in [0.1, 0.15) is 5.60 Å². The highest BCUT2D eigenvalue weighted by molar-refractivity contribution is 5.84. The van der Waals surface area contributed by atoms with Crippen LogP contribution in [0, 0.1) is 19.8 Å². The van der Waals surface area contributed by atoms with E-state index in [-0.39, 0.29) is 6.09 Å². The van der Waals surface area contributed by atoms with Gasteiger partial charge in [0.15, 0.2) is 0 Å². The average Bonchev–Trinajstić information content (AvgIpc) is 3.04. The number of rotatable bonds is 2. The number of carbonyl (C=O) groups excluding carboxylic acids is 1. The van der Waals surface area contributed by atoms with Crippen LogP contribution < -0.4 is 0 Å². The van der Waals surface area contributed by atoms with E-state index in [0.717, 1.165) is 31.6 Å². The lowest BCUT2D eigenvalue weighted by atomic mass is 10.1. The Labute approximate surface area is 143 Å². The van der Waals surface area contributed by atoms with Gasteiger partial charge in [0.25, 0.3) is 0 Å². The van der Waals surface area contributed by atoms with Gasteiger partial charge in [0.05, 0.1) is 5.52 Å². The zero-order valence-corrected chi connectivity index (χ0v) is 15.3. The van der Waals surface area contributed by atoms with Gasteiger partial charge in [-0.25, -0.2) is 4.79 Å². The van der Waals surface area contributed by atoms with Crippen molar-refractivity contribution < 1.29 is 9.53 Å². The fraction of sp³-hybridized carbons (Fsp3) is 0.579. The van der Waals surface area contributed by atoms with E-state index in [9.17, 15) is 4.79 Å². The summed E-state index contributed by atoms with van der Waals surface area (Å²) in [5.74, 6) is 0.422. The number of carbonyl (C=O) groups is 1. The first-order chi connectivity index (χ1) is 11.2. The van der Waals surface area contributed by atoms with E-state index < -0.39 is 5.60 Å². The molecule has 1 saturated heterocycles. The summed E-state index contributed by atoms with van der Waals surface area (Å²) >= 11 is 0. The molecule has 1 aromatic carbocycles. The van der Waals surface area contributed by atoms with Crippen LogP contribution in [0.4, 0.5) is 4.79 Å². The highest BCUT2D eigenvalue weighted by Gasteiger charge is 2.30. The lowest BCUT2D eigenvalue weighted by Crippen LogP contribution is -2.35. The van der Waals surface area contributed by atoms with Crippen LogP contribution in [0.1, 0.15) is 38.4 Å². The summed E-state index contributed by atoms with van der Waals surface area (Å²) in [6.45, 7) is 12.3. The van der Waals surface area contributed by atoms with Gasteiger partial charge < -0.3 is 9.64 Å². The molecule has 0 N–H and O–H groups in total. The smallest absolute Gasteiger partial charge is 0.410 e. The average molecular weight is 329 g/mol. The number of hydrogen-bond acceptors (Lipinski definition) is 3. The van der Waals surface area contributed by atoms with Crippen LogP contribution in [-0.2, 0) is 11.3 Å². The number of hydrogen-bond donors (Lipinski definition) is 0. The molecular weight excluding hydrogens is 302 g/mol. The first-order valence-electron chi connectivity index (χ1n) is 8.65. The summed E-state index contributed by atoms with van der Waals surface area (Å²) in [6, 6.07) is 6.24. The summed E-state index contributed by atoms with van der Waals surface area (Å²) in [6.07, 6.45) is 0.789. The highest BCUT2D eigenvalue weighted by Crippen LogP contribution is 2.25. The first kappa shape index (κ1) is 16.8. The minimum absolute atomic E-state index is 0.205. The number of ether oxygens (including phenoxy) is 1. The molecule has 0 unspecified atom stereocenters. The van der Waals surface area contributed by atoms with Gasteiger partial charge in [0.2, 0.25) is 0 Å². The molecule has 1 aromatic heterocycles.